The predicted octanol–water partition coefficient (Wildman–Crippen LogP) is 4.90. The minimum absolute atomic E-state index is 0.485. The Kier molecular flexibility index (Phi) is 4.92. The quantitative estimate of drug-likeness (QED) is 0.870. The van der Waals surface area contributed by atoms with Crippen molar-refractivity contribution in [2.24, 2.45) is 0 Å². The van der Waals surface area contributed by atoms with Crippen molar-refractivity contribution < 1.29 is 9.84 Å². The molecule has 0 aliphatic heterocycles. The SMILES string of the molecule is Cc1cc(C)c(COc2ccc(Cl)cc2[C@H](C)O)c(C)c1. The van der Waals surface area contributed by atoms with Crippen molar-refractivity contribution in [3.05, 3.63) is 63.2 Å². The molecule has 0 radical (unpaired) electrons. The highest BCUT2D eigenvalue weighted by Gasteiger charge is 2.11. The van der Waals surface area contributed by atoms with Gasteiger partial charge in [-0.2, -0.15) is 0 Å². The molecule has 0 aliphatic carbocycles. The molecule has 1 atom stereocenters. The Balaban J connectivity index is 2.25. The Hall–Kier alpha value is -1.51. The molecule has 2 aromatic rings. The molecule has 2 nitrogen and oxygen atoms in total. The van der Waals surface area contributed by atoms with Crippen LogP contribution in [0.4, 0.5) is 0 Å². The molecule has 0 amide bonds. The average molecular weight is 305 g/mol. The summed E-state index contributed by atoms with van der Waals surface area (Å²) in [6.07, 6.45) is -0.612. The molecule has 21 heavy (non-hydrogen) atoms. The van der Waals surface area contributed by atoms with Crippen LogP contribution in [-0.4, -0.2) is 5.11 Å². The zero-order chi connectivity index (χ0) is 15.6. The van der Waals surface area contributed by atoms with Gasteiger partial charge in [-0.3, -0.25) is 0 Å². The molecular weight excluding hydrogens is 284 g/mol. The normalized spacial score (nSPS) is 12.3. The zero-order valence-corrected chi connectivity index (χ0v) is 13.7. The maximum Gasteiger partial charge on any atom is 0.125 e. The van der Waals surface area contributed by atoms with Crippen LogP contribution in [0, 0.1) is 20.8 Å². The molecule has 1 N–H and O–H groups in total. The Morgan fingerprint density at radius 3 is 2.29 bits per heavy atom. The number of aliphatic hydroxyl groups is 1. The van der Waals surface area contributed by atoms with Crippen LogP contribution in [0.5, 0.6) is 5.75 Å². The molecule has 2 aromatic carbocycles. The number of aryl methyl sites for hydroxylation is 3. The maximum atomic E-state index is 9.83. The van der Waals surface area contributed by atoms with Gasteiger partial charge in [-0.05, 0) is 62.6 Å². The largest absolute Gasteiger partial charge is 0.489 e. The number of aliphatic hydroxyl groups excluding tert-OH is 1. The lowest BCUT2D eigenvalue weighted by Crippen LogP contribution is -2.04. The number of halogens is 1. The summed E-state index contributed by atoms with van der Waals surface area (Å²) in [5, 5.41) is 10.4. The summed E-state index contributed by atoms with van der Waals surface area (Å²) in [5.74, 6) is 0.675. The van der Waals surface area contributed by atoms with E-state index in [0.717, 1.165) is 0 Å². The van der Waals surface area contributed by atoms with Gasteiger partial charge >= 0.3 is 0 Å². The molecule has 0 spiro atoms. The van der Waals surface area contributed by atoms with Gasteiger partial charge in [0.2, 0.25) is 0 Å². The topological polar surface area (TPSA) is 29.5 Å². The lowest BCUT2D eigenvalue weighted by atomic mass is 10.0. The van der Waals surface area contributed by atoms with E-state index in [1.807, 2.05) is 6.07 Å². The molecule has 2 rings (SSSR count). The first-order chi connectivity index (χ1) is 9.88. The Labute approximate surface area is 131 Å². The first kappa shape index (κ1) is 15.9. The Morgan fingerprint density at radius 1 is 1.10 bits per heavy atom. The number of hydrogen-bond donors (Lipinski definition) is 1. The van der Waals surface area contributed by atoms with Gasteiger partial charge in [0.05, 0.1) is 6.10 Å². The van der Waals surface area contributed by atoms with Crippen LogP contribution in [0.15, 0.2) is 30.3 Å². The Morgan fingerprint density at radius 2 is 1.71 bits per heavy atom. The van der Waals surface area contributed by atoms with Crippen molar-refractivity contribution in [2.75, 3.05) is 0 Å². The average Bonchev–Trinajstić information content (AvgIpc) is 2.38. The van der Waals surface area contributed by atoms with E-state index in [2.05, 4.69) is 32.9 Å². The van der Waals surface area contributed by atoms with Crippen molar-refractivity contribution >= 4 is 11.6 Å². The highest BCUT2D eigenvalue weighted by Crippen LogP contribution is 2.29. The standard InChI is InChI=1S/C18H21ClO2/c1-11-7-12(2)17(13(3)8-11)10-21-18-6-5-15(19)9-16(18)14(4)20/h5-9,14,20H,10H2,1-4H3/t14-/m0/s1. The van der Waals surface area contributed by atoms with Gasteiger partial charge in [0.25, 0.3) is 0 Å². The summed E-state index contributed by atoms with van der Waals surface area (Å²) >= 11 is 5.98. The second-order valence-electron chi connectivity index (χ2n) is 5.52. The molecule has 0 heterocycles. The maximum absolute atomic E-state index is 9.83. The summed E-state index contributed by atoms with van der Waals surface area (Å²) in [5.41, 5.74) is 5.60. The molecule has 0 bridgehead atoms. The zero-order valence-electron chi connectivity index (χ0n) is 12.9. The van der Waals surface area contributed by atoms with Gasteiger partial charge in [0.15, 0.2) is 0 Å². The minimum atomic E-state index is -0.612. The molecule has 0 fully saturated rings. The van der Waals surface area contributed by atoms with Crippen molar-refractivity contribution in [3.63, 3.8) is 0 Å². The first-order valence-electron chi connectivity index (χ1n) is 7.05. The fourth-order valence-electron chi connectivity index (χ4n) is 2.56. The van der Waals surface area contributed by atoms with Crippen LogP contribution in [0.3, 0.4) is 0 Å². The van der Waals surface area contributed by atoms with Crippen molar-refractivity contribution in [2.45, 2.75) is 40.4 Å². The van der Waals surface area contributed by atoms with Crippen LogP contribution in [-0.2, 0) is 6.61 Å². The highest BCUT2D eigenvalue weighted by molar-refractivity contribution is 6.30. The molecule has 0 aromatic heterocycles. The molecule has 0 saturated heterocycles. The lowest BCUT2D eigenvalue weighted by molar-refractivity contribution is 0.190. The van der Waals surface area contributed by atoms with E-state index in [0.29, 0.717) is 22.9 Å². The van der Waals surface area contributed by atoms with Gasteiger partial charge in [0.1, 0.15) is 12.4 Å². The van der Waals surface area contributed by atoms with E-state index in [4.69, 9.17) is 16.3 Å². The van der Waals surface area contributed by atoms with Crippen LogP contribution in [0.2, 0.25) is 5.02 Å². The smallest absolute Gasteiger partial charge is 0.125 e. The third-order valence-corrected chi connectivity index (χ3v) is 3.87. The number of benzene rings is 2. The summed E-state index contributed by atoms with van der Waals surface area (Å²) in [4.78, 5) is 0. The number of hydrogen-bond acceptors (Lipinski definition) is 2. The van der Waals surface area contributed by atoms with Gasteiger partial charge in [-0.1, -0.05) is 29.3 Å². The summed E-state index contributed by atoms with van der Waals surface area (Å²) < 4.78 is 5.92. The fourth-order valence-corrected chi connectivity index (χ4v) is 2.75. The van der Waals surface area contributed by atoms with Gasteiger partial charge in [-0.15, -0.1) is 0 Å². The number of ether oxygens (including phenoxy) is 1. The van der Waals surface area contributed by atoms with E-state index in [-0.39, 0.29) is 0 Å². The van der Waals surface area contributed by atoms with Crippen LogP contribution in [0.1, 0.15) is 40.8 Å². The van der Waals surface area contributed by atoms with E-state index in [9.17, 15) is 5.11 Å². The van der Waals surface area contributed by atoms with Gasteiger partial charge < -0.3 is 9.84 Å². The Bertz CT molecular complexity index is 625. The monoisotopic (exact) mass is 304 g/mol. The second-order valence-corrected chi connectivity index (χ2v) is 5.96. The number of rotatable bonds is 4. The first-order valence-corrected chi connectivity index (χ1v) is 7.43. The van der Waals surface area contributed by atoms with Gasteiger partial charge in [-0.25, -0.2) is 0 Å². The third kappa shape index (κ3) is 3.78. The molecule has 0 unspecified atom stereocenters. The van der Waals surface area contributed by atoms with E-state index < -0.39 is 6.10 Å². The predicted molar refractivity (Wildman–Crippen MR) is 87.1 cm³/mol. The summed E-state index contributed by atoms with van der Waals surface area (Å²) in [6.45, 7) is 8.47. The highest BCUT2D eigenvalue weighted by atomic mass is 35.5. The van der Waals surface area contributed by atoms with E-state index >= 15 is 0 Å². The molecule has 0 saturated carbocycles. The van der Waals surface area contributed by atoms with Crippen molar-refractivity contribution in [1.29, 1.82) is 0 Å². The molecular formula is C18H21ClO2. The van der Waals surface area contributed by atoms with Crippen LogP contribution in [0.25, 0.3) is 0 Å². The van der Waals surface area contributed by atoms with Crippen LogP contribution >= 0.6 is 11.6 Å². The van der Waals surface area contributed by atoms with E-state index in [1.165, 1.54) is 22.3 Å². The van der Waals surface area contributed by atoms with E-state index in [1.54, 1.807) is 19.1 Å². The molecule has 112 valence electrons. The minimum Gasteiger partial charge on any atom is -0.489 e. The fraction of sp³-hybridized carbons (Fsp3) is 0.333. The molecule has 0 aliphatic rings. The molecule has 3 heteroatoms. The lowest BCUT2D eigenvalue weighted by Gasteiger charge is -2.16. The summed E-state index contributed by atoms with van der Waals surface area (Å²) in [6, 6.07) is 9.64. The third-order valence-electron chi connectivity index (χ3n) is 3.63. The van der Waals surface area contributed by atoms with Crippen molar-refractivity contribution in [1.82, 2.24) is 0 Å². The summed E-state index contributed by atoms with van der Waals surface area (Å²) in [7, 11) is 0. The van der Waals surface area contributed by atoms with Crippen LogP contribution < -0.4 is 4.74 Å². The van der Waals surface area contributed by atoms with Gasteiger partial charge in [0, 0.05) is 10.6 Å². The second kappa shape index (κ2) is 6.50. The van der Waals surface area contributed by atoms with Crippen molar-refractivity contribution in [3.8, 4) is 5.75 Å².